The highest BCUT2D eigenvalue weighted by Gasteiger charge is 2.49. The second-order valence-electron chi connectivity index (χ2n) is 6.49. The van der Waals surface area contributed by atoms with Gasteiger partial charge in [0.2, 0.25) is 0 Å². The molecule has 8 N–H and O–H groups in total. The van der Waals surface area contributed by atoms with Gasteiger partial charge in [0, 0.05) is 0 Å². The van der Waals surface area contributed by atoms with Gasteiger partial charge in [0.1, 0.15) is 24.0 Å². The third-order valence-corrected chi connectivity index (χ3v) is 4.43. The van der Waals surface area contributed by atoms with Crippen molar-refractivity contribution < 1.29 is 20.1 Å². The van der Waals surface area contributed by atoms with Gasteiger partial charge in [0.25, 0.3) is 0 Å². The number of imidazole rings is 1. The summed E-state index contributed by atoms with van der Waals surface area (Å²) in [4.78, 5) is 8.49. The number of hydrogen-bond acceptors (Lipinski definition) is 9. The second-order valence-corrected chi connectivity index (χ2v) is 6.49. The van der Waals surface area contributed by atoms with Crippen molar-refractivity contribution in [2.45, 2.75) is 49.6 Å². The first-order chi connectivity index (χ1) is 10.7. The number of ether oxygens (including phenoxy) is 1. The molecule has 3 heterocycles. The number of aliphatic imine (C=N–C) groups is 1. The fourth-order valence-electron chi connectivity index (χ4n) is 2.81. The molecule has 23 heavy (non-hydrogen) atoms. The average molecular weight is 326 g/mol. The molecule has 2 aliphatic heterocycles. The van der Waals surface area contributed by atoms with Gasteiger partial charge < -0.3 is 36.8 Å². The van der Waals surface area contributed by atoms with Crippen molar-refractivity contribution in [3.05, 3.63) is 12.0 Å². The summed E-state index contributed by atoms with van der Waals surface area (Å²) in [6.07, 6.45) is -1.42. The van der Waals surface area contributed by atoms with Crippen molar-refractivity contribution in [2.75, 3.05) is 6.61 Å². The first-order valence-corrected chi connectivity index (χ1v) is 7.28. The number of fused-ring (bicyclic) bond motifs is 1. The normalized spacial score (nSPS) is 36.8. The third-order valence-electron chi connectivity index (χ3n) is 4.43. The van der Waals surface area contributed by atoms with E-state index in [4.69, 9.17) is 16.2 Å². The largest absolute Gasteiger partial charge is 0.394 e. The molecule has 128 valence electrons. The number of aliphatic hydroxyl groups is 3. The van der Waals surface area contributed by atoms with Crippen LogP contribution in [0.2, 0.25) is 0 Å². The Bertz CT molecular complexity index is 626. The quantitative estimate of drug-likeness (QED) is 0.358. The van der Waals surface area contributed by atoms with Crippen LogP contribution in [0, 0.1) is 0 Å². The molecular weight excluding hydrogens is 304 g/mol. The average Bonchev–Trinajstić information content (AvgIpc) is 3.02. The number of hydrogen-bond donors (Lipinski definition) is 6. The Labute approximate surface area is 132 Å². The maximum absolute atomic E-state index is 10.2. The molecule has 0 aromatic carbocycles. The molecule has 2 aliphatic rings. The maximum atomic E-state index is 10.2. The molecule has 0 amide bonds. The molecule has 0 saturated carbocycles. The van der Waals surface area contributed by atoms with Gasteiger partial charge in [-0.05, 0) is 13.8 Å². The first kappa shape index (κ1) is 16.3. The molecule has 10 heteroatoms. The van der Waals surface area contributed by atoms with Gasteiger partial charge in [-0.15, -0.1) is 0 Å². The smallest absolute Gasteiger partial charge is 0.165 e. The van der Waals surface area contributed by atoms with E-state index in [-0.39, 0.29) is 0 Å². The molecular formula is C13H22N6O4. The Balaban J connectivity index is 2.02. The third kappa shape index (κ3) is 2.26. The first-order valence-electron chi connectivity index (χ1n) is 7.28. The highest BCUT2D eigenvalue weighted by Crippen LogP contribution is 2.39. The number of nitrogens with one attached hydrogen (secondary N) is 1. The molecule has 0 aliphatic carbocycles. The van der Waals surface area contributed by atoms with Gasteiger partial charge in [-0.25, -0.2) is 9.98 Å². The van der Waals surface area contributed by atoms with Gasteiger partial charge in [0.05, 0.1) is 24.8 Å². The lowest BCUT2D eigenvalue weighted by Crippen LogP contribution is -2.68. The summed E-state index contributed by atoms with van der Waals surface area (Å²) in [5.74, 6) is 0.375. The number of rotatable bonds is 3. The summed E-state index contributed by atoms with van der Waals surface area (Å²) in [6, 6.07) is 0. The topological polar surface area (TPSA) is 164 Å². The lowest BCUT2D eigenvalue weighted by Gasteiger charge is -2.41. The standard InChI is InChI=1S/C13H22N6O4/c1-12(2,14)13(15)9-10(16-4-18-13)19(5-17-9)11-8(22)7(21)6(3-20)23-11/h4-8,11,20-22H,3,14-15H2,1-2H3,(H,16,18)/t6-,7-,8-,11-,13?/m1/s1. The Kier molecular flexibility index (Phi) is 3.71. The fraction of sp³-hybridized carbons (Fsp3) is 0.692. The van der Waals surface area contributed by atoms with E-state index in [1.54, 1.807) is 13.8 Å². The zero-order chi connectivity index (χ0) is 17.0. The lowest BCUT2D eigenvalue weighted by molar-refractivity contribution is -0.0520. The predicted octanol–water partition coefficient (Wildman–Crippen LogP) is -2.39. The van der Waals surface area contributed by atoms with Crippen molar-refractivity contribution in [3.8, 4) is 0 Å². The van der Waals surface area contributed by atoms with Gasteiger partial charge in [0.15, 0.2) is 17.7 Å². The summed E-state index contributed by atoms with van der Waals surface area (Å²) in [7, 11) is 0. The van der Waals surface area contributed by atoms with Crippen LogP contribution in [0.25, 0.3) is 0 Å². The van der Waals surface area contributed by atoms with Crippen LogP contribution >= 0.6 is 0 Å². The number of nitrogens with two attached hydrogens (primary N) is 2. The van der Waals surface area contributed by atoms with Crippen molar-refractivity contribution in [2.24, 2.45) is 16.5 Å². The van der Waals surface area contributed by atoms with E-state index in [1.807, 2.05) is 0 Å². The highest BCUT2D eigenvalue weighted by molar-refractivity contribution is 5.67. The van der Waals surface area contributed by atoms with E-state index in [1.165, 1.54) is 17.2 Å². The molecule has 0 spiro atoms. The van der Waals surface area contributed by atoms with Crippen LogP contribution in [-0.4, -0.2) is 61.7 Å². The molecule has 5 atom stereocenters. The second kappa shape index (κ2) is 5.23. The maximum Gasteiger partial charge on any atom is 0.165 e. The van der Waals surface area contributed by atoms with Crippen LogP contribution in [0.15, 0.2) is 11.3 Å². The van der Waals surface area contributed by atoms with Gasteiger partial charge in [-0.1, -0.05) is 0 Å². The highest BCUT2D eigenvalue weighted by atomic mass is 16.6. The summed E-state index contributed by atoms with van der Waals surface area (Å²) < 4.78 is 6.98. The number of aliphatic hydroxyl groups excluding tert-OH is 3. The summed E-state index contributed by atoms with van der Waals surface area (Å²) in [5, 5.41) is 32.2. The lowest BCUT2D eigenvalue weighted by atomic mass is 9.85. The van der Waals surface area contributed by atoms with Crippen molar-refractivity contribution in [3.63, 3.8) is 0 Å². The fourth-order valence-corrected chi connectivity index (χ4v) is 2.81. The summed E-state index contributed by atoms with van der Waals surface area (Å²) in [6.45, 7) is 3.11. The molecule has 10 nitrogen and oxygen atoms in total. The van der Waals surface area contributed by atoms with Crippen LogP contribution in [0.1, 0.15) is 25.8 Å². The Morgan fingerprint density at radius 2 is 2.13 bits per heavy atom. The Morgan fingerprint density at radius 3 is 2.70 bits per heavy atom. The molecule has 1 aromatic heterocycles. The van der Waals surface area contributed by atoms with Crippen LogP contribution < -0.4 is 16.8 Å². The van der Waals surface area contributed by atoms with E-state index >= 15 is 0 Å². The number of aromatic nitrogens is 2. The minimum Gasteiger partial charge on any atom is -0.394 e. The van der Waals surface area contributed by atoms with Crippen molar-refractivity contribution >= 4 is 12.2 Å². The monoisotopic (exact) mass is 326 g/mol. The van der Waals surface area contributed by atoms with Crippen LogP contribution in [0.3, 0.4) is 0 Å². The minimum atomic E-state index is -1.23. The van der Waals surface area contributed by atoms with Gasteiger partial charge >= 0.3 is 0 Å². The van der Waals surface area contributed by atoms with Crippen molar-refractivity contribution in [1.82, 2.24) is 14.9 Å². The molecule has 1 saturated heterocycles. The van der Waals surface area contributed by atoms with E-state index < -0.39 is 42.3 Å². The summed E-state index contributed by atoms with van der Waals surface area (Å²) >= 11 is 0. The SMILES string of the molecule is CC(C)(N)C1(N)NC=Nc2c1ncn2[C@@H]1O[C@H](CO)[C@@H](O)[C@H]1O. The van der Waals surface area contributed by atoms with Crippen LogP contribution in [-0.2, 0) is 10.4 Å². The molecule has 1 aromatic rings. The van der Waals surface area contributed by atoms with Gasteiger partial charge in [-0.3, -0.25) is 4.57 Å². The van der Waals surface area contributed by atoms with Gasteiger partial charge in [-0.2, -0.15) is 0 Å². The van der Waals surface area contributed by atoms with Crippen LogP contribution in [0.5, 0.6) is 0 Å². The molecule has 0 bridgehead atoms. The Morgan fingerprint density at radius 1 is 1.43 bits per heavy atom. The minimum absolute atomic E-state index is 0.375. The van der Waals surface area contributed by atoms with E-state index in [0.717, 1.165) is 0 Å². The molecule has 0 radical (unpaired) electrons. The molecule has 1 fully saturated rings. The molecule has 3 rings (SSSR count). The zero-order valence-electron chi connectivity index (χ0n) is 12.9. The number of nitrogens with zero attached hydrogens (tertiary/aromatic N) is 3. The molecule has 1 unspecified atom stereocenters. The zero-order valence-corrected chi connectivity index (χ0v) is 12.9. The Hall–Kier alpha value is -1.56. The van der Waals surface area contributed by atoms with Crippen LogP contribution in [0.4, 0.5) is 5.82 Å². The summed E-state index contributed by atoms with van der Waals surface area (Å²) in [5.41, 5.74) is 10.9. The predicted molar refractivity (Wildman–Crippen MR) is 80.7 cm³/mol. The van der Waals surface area contributed by atoms with E-state index in [9.17, 15) is 15.3 Å². The van der Waals surface area contributed by atoms with E-state index in [2.05, 4.69) is 15.3 Å². The van der Waals surface area contributed by atoms with E-state index in [0.29, 0.717) is 11.5 Å². The van der Waals surface area contributed by atoms with Crippen molar-refractivity contribution in [1.29, 1.82) is 0 Å².